The van der Waals surface area contributed by atoms with Crippen LogP contribution in [0.15, 0.2) is 11.6 Å². The largest absolute Gasteiger partial charge is 0.458 e. The zero-order chi connectivity index (χ0) is 30.9. The van der Waals surface area contributed by atoms with Gasteiger partial charge >= 0.3 is 17.9 Å². The maximum atomic E-state index is 13.1. The summed E-state index contributed by atoms with van der Waals surface area (Å²) < 4.78 is 18.5. The fourth-order valence-electron chi connectivity index (χ4n) is 9.84. The second-order valence-electron chi connectivity index (χ2n) is 16.7. The Labute approximate surface area is 251 Å². The molecule has 0 bridgehead atoms. The van der Waals surface area contributed by atoms with Crippen molar-refractivity contribution < 1.29 is 42.7 Å². The molecule has 5 aliphatic rings. The molecule has 0 saturated heterocycles. The fourth-order valence-corrected chi connectivity index (χ4v) is 9.84. The van der Waals surface area contributed by atoms with Gasteiger partial charge in [0.2, 0.25) is 0 Å². The molecule has 4 fully saturated rings. The summed E-state index contributed by atoms with van der Waals surface area (Å²) in [5, 5.41) is 12.8. The molecule has 0 aromatic rings. The van der Waals surface area contributed by atoms with E-state index in [0.29, 0.717) is 33.8 Å². The van der Waals surface area contributed by atoms with Gasteiger partial charge in [-0.05, 0) is 73.7 Å². The summed E-state index contributed by atoms with van der Waals surface area (Å²) in [4.78, 5) is 37.8. The van der Waals surface area contributed by atoms with Crippen molar-refractivity contribution in [3.8, 4) is 0 Å². The molecule has 4 saturated carbocycles. The third-order valence-electron chi connectivity index (χ3n) is 11.7. The van der Waals surface area contributed by atoms with Gasteiger partial charge in [0.25, 0.3) is 0 Å². The summed E-state index contributed by atoms with van der Waals surface area (Å²) >= 11 is 0. The summed E-state index contributed by atoms with van der Waals surface area (Å²) in [5.41, 5.74) is -0.647. The quantitative estimate of drug-likeness (QED) is 0.276. The Hall–Kier alpha value is -1.97. The van der Waals surface area contributed by atoms with Gasteiger partial charge in [0, 0.05) is 23.8 Å². The minimum atomic E-state index is -1.02. The standard InChI is InChI=1S/C33H54N2O7/c1-31-13-11-23(41-28(37)18-34(3,4)5)16-22(31)9-10-25-24(31)12-14-32(2)30(21-15-27(36)40-20-21)26(17-33(25,32)39)42-29(38)19-35(6,7)8/h15,22-26,30,39H,9-14,16-20H2,1-8H3/q+2/t22-,23+,24+,25-,26?,30+,31+,32-,33+/m1/s1. The average molecular weight is 591 g/mol. The van der Waals surface area contributed by atoms with Crippen LogP contribution in [0, 0.1) is 34.5 Å². The van der Waals surface area contributed by atoms with Gasteiger partial charge in [0.05, 0.1) is 47.9 Å². The molecule has 1 heterocycles. The first-order chi connectivity index (χ1) is 19.3. The lowest BCUT2D eigenvalue weighted by Gasteiger charge is -2.63. The van der Waals surface area contributed by atoms with Gasteiger partial charge in [-0.1, -0.05) is 13.8 Å². The highest BCUT2D eigenvalue weighted by Gasteiger charge is 2.71. The number of carbonyl (C=O) groups excluding carboxylic acids is 3. The average Bonchev–Trinajstić information content (AvgIpc) is 3.34. The van der Waals surface area contributed by atoms with E-state index in [1.807, 2.05) is 42.3 Å². The predicted molar refractivity (Wildman–Crippen MR) is 157 cm³/mol. The smallest absolute Gasteiger partial charge is 0.362 e. The van der Waals surface area contributed by atoms with E-state index in [1.165, 1.54) is 0 Å². The van der Waals surface area contributed by atoms with Crippen LogP contribution in [0.25, 0.3) is 0 Å². The molecule has 0 aromatic heterocycles. The summed E-state index contributed by atoms with van der Waals surface area (Å²) in [7, 11) is 11.9. The van der Waals surface area contributed by atoms with Crippen molar-refractivity contribution in [2.24, 2.45) is 34.5 Å². The first kappa shape index (κ1) is 31.5. The highest BCUT2D eigenvalue weighted by molar-refractivity contribution is 5.85. The number of quaternary nitrogens is 2. The molecule has 0 spiro atoms. The SMILES string of the molecule is C[C@]12CC[C@H](OC(=O)C[N+](C)(C)C)C[C@H]1CC[C@@H]1[C@@H]2CC[C@]2(C)[C@@H](C3=CC(=O)OC3)C(OC(=O)C[N+](C)(C)C)C[C@]12O. The molecule has 42 heavy (non-hydrogen) atoms. The van der Waals surface area contributed by atoms with Gasteiger partial charge in [-0.25, -0.2) is 14.4 Å². The molecule has 1 N–H and O–H groups in total. The molecule has 9 heteroatoms. The number of cyclic esters (lactones) is 1. The van der Waals surface area contributed by atoms with E-state index in [0.717, 1.165) is 50.5 Å². The van der Waals surface area contributed by atoms with E-state index < -0.39 is 17.1 Å². The van der Waals surface area contributed by atoms with E-state index in [1.54, 1.807) is 6.08 Å². The van der Waals surface area contributed by atoms with Crippen molar-refractivity contribution in [3.05, 3.63) is 11.6 Å². The van der Waals surface area contributed by atoms with E-state index in [2.05, 4.69) is 13.8 Å². The number of aliphatic hydroxyl groups is 1. The molecule has 0 aromatic carbocycles. The van der Waals surface area contributed by atoms with Crippen LogP contribution < -0.4 is 0 Å². The third-order valence-corrected chi connectivity index (χ3v) is 11.7. The van der Waals surface area contributed by atoms with Crippen LogP contribution in [0.3, 0.4) is 0 Å². The summed E-state index contributed by atoms with van der Waals surface area (Å²) in [5.74, 6) is -0.152. The molecule has 4 aliphatic carbocycles. The highest BCUT2D eigenvalue weighted by atomic mass is 16.6. The van der Waals surface area contributed by atoms with Crippen LogP contribution in [0.4, 0.5) is 0 Å². The van der Waals surface area contributed by atoms with Crippen molar-refractivity contribution in [1.29, 1.82) is 0 Å². The Morgan fingerprint density at radius 2 is 1.57 bits per heavy atom. The first-order valence-electron chi connectivity index (χ1n) is 15.9. The molecule has 0 amide bonds. The Morgan fingerprint density at radius 3 is 2.17 bits per heavy atom. The van der Waals surface area contributed by atoms with Gasteiger partial charge < -0.3 is 28.3 Å². The molecular formula is C33H54N2O7+2. The number of fused-ring (bicyclic) bond motifs is 5. The van der Waals surface area contributed by atoms with Crippen LogP contribution in [0.2, 0.25) is 0 Å². The van der Waals surface area contributed by atoms with Crippen molar-refractivity contribution in [2.75, 3.05) is 62.0 Å². The van der Waals surface area contributed by atoms with Crippen LogP contribution >= 0.6 is 0 Å². The minimum Gasteiger partial charge on any atom is -0.458 e. The van der Waals surface area contributed by atoms with Gasteiger partial charge in [-0.15, -0.1) is 0 Å². The molecule has 9 nitrogen and oxygen atoms in total. The van der Waals surface area contributed by atoms with Gasteiger partial charge in [0.1, 0.15) is 18.8 Å². The van der Waals surface area contributed by atoms with Crippen molar-refractivity contribution in [1.82, 2.24) is 0 Å². The highest BCUT2D eigenvalue weighted by Crippen LogP contribution is 2.70. The Balaban J connectivity index is 1.37. The lowest BCUT2D eigenvalue weighted by Crippen LogP contribution is -2.62. The number of ether oxygens (including phenoxy) is 3. The fraction of sp³-hybridized carbons (Fsp3) is 0.848. The minimum absolute atomic E-state index is 0.0386. The van der Waals surface area contributed by atoms with E-state index in [4.69, 9.17) is 14.2 Å². The van der Waals surface area contributed by atoms with Crippen LogP contribution in [0.5, 0.6) is 0 Å². The molecule has 9 atom stereocenters. The number of hydrogen-bond donors (Lipinski definition) is 1. The van der Waals surface area contributed by atoms with Crippen molar-refractivity contribution in [3.63, 3.8) is 0 Å². The summed E-state index contributed by atoms with van der Waals surface area (Å²) in [6.45, 7) is 5.36. The van der Waals surface area contributed by atoms with Gasteiger partial charge in [0.15, 0.2) is 13.1 Å². The second-order valence-corrected chi connectivity index (χ2v) is 16.7. The summed E-state index contributed by atoms with van der Waals surface area (Å²) in [6.07, 6.45) is 7.81. The number of carbonyl (C=O) groups is 3. The second kappa shape index (κ2) is 10.6. The predicted octanol–water partition coefficient (Wildman–Crippen LogP) is 3.09. The zero-order valence-electron chi connectivity index (χ0n) is 27.1. The summed E-state index contributed by atoms with van der Waals surface area (Å²) in [6, 6.07) is 0. The number of hydrogen-bond acceptors (Lipinski definition) is 7. The lowest BCUT2D eigenvalue weighted by atomic mass is 9.43. The lowest BCUT2D eigenvalue weighted by molar-refractivity contribution is -0.862. The molecule has 1 unspecified atom stereocenters. The molecular weight excluding hydrogens is 536 g/mol. The number of nitrogens with zero attached hydrogens (tertiary/aromatic N) is 2. The van der Waals surface area contributed by atoms with Crippen LogP contribution in [0.1, 0.15) is 65.2 Å². The number of likely N-dealkylation sites (N-methyl/N-ethyl adjacent to an activating group) is 2. The monoisotopic (exact) mass is 590 g/mol. The maximum Gasteiger partial charge on any atom is 0.362 e. The van der Waals surface area contributed by atoms with Crippen LogP contribution in [-0.2, 0) is 28.6 Å². The Kier molecular flexibility index (Phi) is 7.93. The third kappa shape index (κ3) is 5.65. The maximum absolute atomic E-state index is 13.1. The van der Waals surface area contributed by atoms with Crippen molar-refractivity contribution in [2.45, 2.75) is 83.0 Å². The topological polar surface area (TPSA) is 99.1 Å². The van der Waals surface area contributed by atoms with Crippen molar-refractivity contribution >= 4 is 17.9 Å². The zero-order valence-corrected chi connectivity index (χ0v) is 27.1. The molecule has 5 rings (SSSR count). The van der Waals surface area contributed by atoms with Gasteiger partial charge in [-0.2, -0.15) is 0 Å². The van der Waals surface area contributed by atoms with Gasteiger partial charge in [-0.3, -0.25) is 0 Å². The first-order valence-corrected chi connectivity index (χ1v) is 15.9. The Bertz CT molecular complexity index is 1140. The van der Waals surface area contributed by atoms with Crippen LogP contribution in [-0.4, -0.2) is 112 Å². The number of esters is 3. The molecule has 236 valence electrons. The van der Waals surface area contributed by atoms with E-state index in [9.17, 15) is 19.5 Å². The number of rotatable bonds is 7. The van der Waals surface area contributed by atoms with E-state index >= 15 is 0 Å². The molecule has 0 radical (unpaired) electrons. The normalized spacial score (nSPS) is 41.6. The molecule has 1 aliphatic heterocycles. The van der Waals surface area contributed by atoms with E-state index in [-0.39, 0.29) is 54.4 Å². The Morgan fingerprint density at radius 1 is 0.929 bits per heavy atom.